The number of carbonyl (C=O) groups excluding carboxylic acids is 3. The molecule has 6 nitrogen and oxygen atoms in total. The Labute approximate surface area is 273 Å². The molecule has 47 heavy (non-hydrogen) atoms. The first-order valence-electron chi connectivity index (χ1n) is 14.9. The number of rotatable bonds is 7. The minimum atomic E-state index is -1.46. The summed E-state index contributed by atoms with van der Waals surface area (Å²) in [5.41, 5.74) is 1.83. The summed E-state index contributed by atoms with van der Waals surface area (Å²) in [6.45, 7) is 10.7. The average molecular weight is 619 g/mol. The van der Waals surface area contributed by atoms with E-state index in [0.29, 0.717) is 56.0 Å². The van der Waals surface area contributed by atoms with Crippen LogP contribution in [0.2, 0.25) is 0 Å². The monoisotopic (exact) mass is 618 g/mol. The van der Waals surface area contributed by atoms with Crippen molar-refractivity contribution in [3.63, 3.8) is 0 Å². The summed E-state index contributed by atoms with van der Waals surface area (Å²) in [6, 6.07) is 25.1. The van der Waals surface area contributed by atoms with E-state index in [1.54, 1.807) is 56.3 Å². The van der Waals surface area contributed by atoms with Crippen LogP contribution in [-0.4, -0.2) is 17.7 Å². The summed E-state index contributed by atoms with van der Waals surface area (Å²) in [6.07, 6.45) is 11.8. The smallest absolute Gasteiger partial charge is 0.334 e. The van der Waals surface area contributed by atoms with Crippen LogP contribution in [0.3, 0.4) is 0 Å². The number of terminal acetylenes is 2. The maximum Gasteiger partial charge on any atom is 0.334 e. The van der Waals surface area contributed by atoms with Gasteiger partial charge in [-0.15, -0.1) is 24.7 Å². The second-order valence-electron chi connectivity index (χ2n) is 11.7. The Kier molecular flexibility index (Phi) is 7.67. The van der Waals surface area contributed by atoms with Gasteiger partial charge in [-0.1, -0.05) is 67.8 Å². The van der Waals surface area contributed by atoms with E-state index in [4.69, 9.17) is 27.1 Å². The van der Waals surface area contributed by atoms with Gasteiger partial charge in [-0.2, -0.15) is 0 Å². The van der Waals surface area contributed by atoms with Crippen LogP contribution in [0.1, 0.15) is 64.9 Å². The van der Waals surface area contributed by atoms with Crippen LogP contribution in [0.5, 0.6) is 11.5 Å². The summed E-state index contributed by atoms with van der Waals surface area (Å²) in [5.74, 6) is 4.91. The highest BCUT2D eigenvalue weighted by Crippen LogP contribution is 2.52. The minimum Gasteiger partial charge on any atom is -0.456 e. The van der Waals surface area contributed by atoms with E-state index < -0.39 is 23.1 Å². The van der Waals surface area contributed by atoms with Gasteiger partial charge in [0.25, 0.3) is 0 Å². The summed E-state index contributed by atoms with van der Waals surface area (Å²) < 4.78 is 18.7. The highest BCUT2D eigenvalue weighted by atomic mass is 16.6. The van der Waals surface area contributed by atoms with Crippen molar-refractivity contribution in [2.24, 2.45) is 0 Å². The Bertz CT molecular complexity index is 2120. The topological polar surface area (TPSA) is 78.9 Å². The number of esters is 2. The molecule has 4 aromatic rings. The first kappa shape index (κ1) is 30.9. The number of ketones is 1. The quantitative estimate of drug-likeness (QED) is 0.120. The molecule has 4 aromatic carbocycles. The molecule has 0 aromatic heterocycles. The highest BCUT2D eigenvalue weighted by Gasteiger charge is 2.48. The first-order chi connectivity index (χ1) is 22.6. The van der Waals surface area contributed by atoms with E-state index in [9.17, 15) is 14.4 Å². The second-order valence-corrected chi connectivity index (χ2v) is 11.7. The van der Waals surface area contributed by atoms with Crippen LogP contribution in [0, 0.1) is 24.7 Å². The Hall–Kier alpha value is -6.11. The van der Waals surface area contributed by atoms with Crippen LogP contribution in [-0.2, 0) is 30.3 Å². The molecule has 1 aliphatic heterocycles. The number of benzene rings is 4. The molecular formula is C41H30O6. The lowest BCUT2D eigenvalue weighted by molar-refractivity contribution is -0.152. The van der Waals surface area contributed by atoms with Gasteiger partial charge in [0.15, 0.2) is 17.0 Å². The van der Waals surface area contributed by atoms with E-state index in [1.165, 1.54) is 0 Å². The van der Waals surface area contributed by atoms with E-state index in [1.807, 2.05) is 42.5 Å². The zero-order valence-corrected chi connectivity index (χ0v) is 26.0. The molecular weight excluding hydrogens is 588 g/mol. The molecule has 0 spiro atoms. The molecule has 0 saturated carbocycles. The molecule has 0 bridgehead atoms. The number of fused-ring (bicyclic) bond motifs is 4. The van der Waals surface area contributed by atoms with Crippen molar-refractivity contribution in [2.75, 3.05) is 0 Å². The lowest BCUT2D eigenvalue weighted by Gasteiger charge is -2.39. The molecule has 0 fully saturated rings. The van der Waals surface area contributed by atoms with Gasteiger partial charge in [-0.05, 0) is 55.3 Å². The lowest BCUT2D eigenvalue weighted by atomic mass is 9.71. The number of para-hydroxylation sites is 1. The largest absolute Gasteiger partial charge is 0.456 e. The van der Waals surface area contributed by atoms with E-state index in [-0.39, 0.29) is 29.8 Å². The Balaban J connectivity index is 1.58. The van der Waals surface area contributed by atoms with Crippen LogP contribution in [0.4, 0.5) is 0 Å². The number of hydrogen-bond acceptors (Lipinski definition) is 6. The zero-order valence-electron chi connectivity index (χ0n) is 26.0. The third-order valence-electron chi connectivity index (χ3n) is 8.53. The van der Waals surface area contributed by atoms with Crippen LogP contribution in [0.25, 0.3) is 11.1 Å². The third-order valence-corrected chi connectivity index (χ3v) is 8.53. The van der Waals surface area contributed by atoms with Gasteiger partial charge in [-0.3, -0.25) is 4.79 Å². The zero-order chi connectivity index (χ0) is 33.5. The number of ether oxygens (including phenoxy) is 3. The minimum absolute atomic E-state index is 0.0241. The van der Waals surface area contributed by atoms with E-state index in [0.717, 1.165) is 0 Å². The molecule has 2 unspecified atom stereocenters. The molecule has 2 aliphatic rings. The van der Waals surface area contributed by atoms with Crippen molar-refractivity contribution in [1.29, 1.82) is 0 Å². The summed E-state index contributed by atoms with van der Waals surface area (Å²) >= 11 is 0. The predicted octanol–water partition coefficient (Wildman–Crippen LogP) is 7.78. The van der Waals surface area contributed by atoms with Crippen LogP contribution < -0.4 is 4.74 Å². The van der Waals surface area contributed by atoms with Crippen LogP contribution >= 0.6 is 0 Å². The van der Waals surface area contributed by atoms with Gasteiger partial charge in [0.1, 0.15) is 11.5 Å². The Morgan fingerprint density at radius 1 is 0.681 bits per heavy atom. The molecule has 0 amide bonds. The maximum atomic E-state index is 13.8. The average Bonchev–Trinajstić information content (AvgIpc) is 3.07. The predicted molar refractivity (Wildman–Crippen MR) is 179 cm³/mol. The SMILES string of the molecule is C#CCC1(OC(=O)C(=C)C)c2ccccc2Oc2ccc(-c3ccc4c(c3)C(CC#C)(OC(=O)C(=C)C)c3ccccc3C4=O)cc21. The molecule has 0 N–H and O–H groups in total. The number of hydrogen-bond donors (Lipinski definition) is 0. The van der Waals surface area contributed by atoms with E-state index >= 15 is 0 Å². The molecule has 230 valence electrons. The molecule has 1 aliphatic carbocycles. The van der Waals surface area contributed by atoms with Gasteiger partial charge >= 0.3 is 11.9 Å². The fourth-order valence-corrected chi connectivity index (χ4v) is 6.30. The second kappa shape index (κ2) is 11.7. The fourth-order valence-electron chi connectivity index (χ4n) is 6.30. The molecule has 0 radical (unpaired) electrons. The van der Waals surface area contributed by atoms with Gasteiger partial charge in [-0.25, -0.2) is 9.59 Å². The standard InChI is InChI=1S/C41H30O6/c1-7-21-40(46-38(43)25(3)4)31-14-10-9-13-29(31)37(42)30-19-17-27(23-33(30)40)28-18-20-36-34(24-28)41(22-8-2,47-39(44)26(5)6)32-15-11-12-16-35(32)45-36/h1-2,9-20,23-24H,3,5,21-22H2,4,6H3. The summed E-state index contributed by atoms with van der Waals surface area (Å²) in [5, 5.41) is 0. The molecule has 6 heteroatoms. The van der Waals surface area contributed by atoms with Gasteiger partial charge in [0, 0.05) is 44.5 Å². The fraction of sp³-hybridized carbons (Fsp3) is 0.146. The van der Waals surface area contributed by atoms with Crippen molar-refractivity contribution in [3.8, 4) is 47.3 Å². The normalized spacial score (nSPS) is 18.4. The maximum absolute atomic E-state index is 13.8. The molecule has 1 heterocycles. The van der Waals surface area contributed by atoms with Crippen molar-refractivity contribution in [1.82, 2.24) is 0 Å². The van der Waals surface area contributed by atoms with Crippen molar-refractivity contribution >= 4 is 17.7 Å². The molecule has 0 saturated heterocycles. The van der Waals surface area contributed by atoms with E-state index in [2.05, 4.69) is 25.0 Å². The van der Waals surface area contributed by atoms with Crippen molar-refractivity contribution in [3.05, 3.63) is 143 Å². The molecule has 6 rings (SSSR count). The summed E-state index contributed by atoms with van der Waals surface area (Å²) in [7, 11) is 0. The lowest BCUT2D eigenvalue weighted by Crippen LogP contribution is -2.40. The first-order valence-corrected chi connectivity index (χ1v) is 14.9. The summed E-state index contributed by atoms with van der Waals surface area (Å²) in [4.78, 5) is 40.0. The number of carbonyl (C=O) groups is 3. The van der Waals surface area contributed by atoms with Gasteiger partial charge in [0.2, 0.25) is 0 Å². The highest BCUT2D eigenvalue weighted by molar-refractivity contribution is 6.13. The third kappa shape index (κ3) is 4.92. The van der Waals surface area contributed by atoms with Crippen molar-refractivity contribution < 1.29 is 28.6 Å². The van der Waals surface area contributed by atoms with Crippen LogP contribution in [0.15, 0.2) is 109 Å². The molecule has 2 atom stereocenters. The Morgan fingerprint density at radius 2 is 1.17 bits per heavy atom. The van der Waals surface area contributed by atoms with Crippen molar-refractivity contribution in [2.45, 2.75) is 37.9 Å². The van der Waals surface area contributed by atoms with Gasteiger partial charge < -0.3 is 14.2 Å². The Morgan fingerprint density at radius 3 is 1.79 bits per heavy atom. The van der Waals surface area contributed by atoms with Gasteiger partial charge in [0.05, 0.1) is 12.8 Å².